The molecule has 1 fully saturated rings. The van der Waals surface area contributed by atoms with E-state index < -0.39 is 32.3 Å². The Labute approximate surface area is 123 Å². The smallest absolute Gasteiger partial charge is 0.337 e. The lowest BCUT2D eigenvalue weighted by molar-refractivity contribution is 0.0692. The molecule has 5 nitrogen and oxygen atoms in total. The highest BCUT2D eigenvalue weighted by Crippen LogP contribution is 2.28. The van der Waals surface area contributed by atoms with E-state index in [1.165, 1.54) is 4.31 Å². The van der Waals surface area contributed by atoms with Gasteiger partial charge in [-0.25, -0.2) is 17.6 Å². The van der Waals surface area contributed by atoms with Crippen LogP contribution >= 0.6 is 0 Å². The third kappa shape index (κ3) is 3.24. The Bertz CT molecular complexity index is 649. The topological polar surface area (TPSA) is 74.7 Å². The predicted molar refractivity (Wildman–Crippen MR) is 75.1 cm³/mol. The Balaban J connectivity index is 2.49. The van der Waals surface area contributed by atoms with Crippen LogP contribution in [0.4, 0.5) is 4.39 Å². The summed E-state index contributed by atoms with van der Waals surface area (Å²) in [4.78, 5) is 10.7. The summed E-state index contributed by atoms with van der Waals surface area (Å²) < 4.78 is 39.9. The second-order valence-electron chi connectivity index (χ2n) is 5.71. The van der Waals surface area contributed by atoms with Crippen molar-refractivity contribution in [2.45, 2.75) is 25.2 Å². The van der Waals surface area contributed by atoms with E-state index in [1.807, 2.05) is 13.8 Å². The molecule has 0 radical (unpaired) electrons. The largest absolute Gasteiger partial charge is 0.478 e. The van der Waals surface area contributed by atoms with Gasteiger partial charge in [0.15, 0.2) is 0 Å². The van der Waals surface area contributed by atoms with Crippen LogP contribution < -0.4 is 0 Å². The van der Waals surface area contributed by atoms with Crippen LogP contribution in [0.3, 0.4) is 0 Å². The summed E-state index contributed by atoms with van der Waals surface area (Å²) in [6, 6.07) is 2.72. The number of rotatable bonds is 3. The quantitative estimate of drug-likeness (QED) is 0.928. The summed E-state index contributed by atoms with van der Waals surface area (Å²) in [6.45, 7) is 4.54. The first-order chi connectivity index (χ1) is 9.71. The van der Waals surface area contributed by atoms with E-state index in [0.717, 1.165) is 24.6 Å². The molecule has 1 aromatic carbocycles. The monoisotopic (exact) mass is 315 g/mol. The molecule has 0 spiro atoms. The maximum Gasteiger partial charge on any atom is 0.337 e. The molecule has 1 saturated heterocycles. The van der Waals surface area contributed by atoms with Crippen LogP contribution in [0.1, 0.15) is 30.6 Å². The first-order valence-electron chi connectivity index (χ1n) is 6.74. The fourth-order valence-corrected chi connectivity index (χ4v) is 4.70. The molecule has 0 aromatic heterocycles. The molecule has 0 aliphatic carbocycles. The van der Waals surface area contributed by atoms with E-state index in [1.54, 1.807) is 0 Å². The fourth-order valence-electron chi connectivity index (χ4n) is 2.83. The van der Waals surface area contributed by atoms with Crippen molar-refractivity contribution in [3.8, 4) is 0 Å². The van der Waals surface area contributed by atoms with Crippen LogP contribution in [0.25, 0.3) is 0 Å². The first kappa shape index (κ1) is 15.9. The highest BCUT2D eigenvalue weighted by Gasteiger charge is 2.34. The average molecular weight is 315 g/mol. The summed E-state index contributed by atoms with van der Waals surface area (Å²) in [6.07, 6.45) is 0.918. The standard InChI is InChI=1S/C14H18FNO4S/c1-9-5-10(2)8-16(7-9)21(19,20)13-6-11(15)3-4-12(13)14(17)18/h3-4,6,9-10H,5,7-8H2,1-2H3,(H,17,18). The molecule has 0 bridgehead atoms. The molecule has 1 N–H and O–H groups in total. The number of carbonyl (C=O) groups is 1. The highest BCUT2D eigenvalue weighted by atomic mass is 32.2. The van der Waals surface area contributed by atoms with Crippen LogP contribution in [-0.2, 0) is 10.0 Å². The van der Waals surface area contributed by atoms with Crippen molar-refractivity contribution in [3.63, 3.8) is 0 Å². The molecule has 0 amide bonds. The van der Waals surface area contributed by atoms with Crippen molar-refractivity contribution in [3.05, 3.63) is 29.6 Å². The molecule has 2 atom stereocenters. The van der Waals surface area contributed by atoms with Crippen LogP contribution in [0.15, 0.2) is 23.1 Å². The average Bonchev–Trinajstić information content (AvgIpc) is 2.37. The molecule has 1 aliphatic rings. The minimum atomic E-state index is -4.01. The Kier molecular flexibility index (Phi) is 4.34. The van der Waals surface area contributed by atoms with Gasteiger partial charge in [0.05, 0.1) is 10.5 Å². The first-order valence-corrected chi connectivity index (χ1v) is 8.18. The normalized spacial score (nSPS) is 24.0. The van der Waals surface area contributed by atoms with Crippen LogP contribution in [0.2, 0.25) is 0 Å². The van der Waals surface area contributed by atoms with Gasteiger partial charge in [-0.15, -0.1) is 0 Å². The Morgan fingerprint density at radius 3 is 2.38 bits per heavy atom. The number of aromatic carboxylic acids is 1. The lowest BCUT2D eigenvalue weighted by Crippen LogP contribution is -2.42. The second-order valence-corrected chi connectivity index (χ2v) is 7.62. The van der Waals surface area contributed by atoms with Gasteiger partial charge >= 0.3 is 5.97 Å². The van der Waals surface area contributed by atoms with Crippen molar-refractivity contribution >= 4 is 16.0 Å². The van der Waals surface area contributed by atoms with Crippen molar-refractivity contribution in [1.82, 2.24) is 4.31 Å². The zero-order valence-electron chi connectivity index (χ0n) is 11.9. The number of halogens is 1. The van der Waals surface area contributed by atoms with Crippen molar-refractivity contribution in [2.24, 2.45) is 11.8 Å². The fraction of sp³-hybridized carbons (Fsp3) is 0.500. The molecule has 21 heavy (non-hydrogen) atoms. The Morgan fingerprint density at radius 2 is 1.86 bits per heavy atom. The second kappa shape index (κ2) is 5.73. The van der Waals surface area contributed by atoms with E-state index >= 15 is 0 Å². The van der Waals surface area contributed by atoms with E-state index in [2.05, 4.69) is 0 Å². The molecule has 1 aliphatic heterocycles. The van der Waals surface area contributed by atoms with Crippen LogP contribution in [-0.4, -0.2) is 36.9 Å². The Morgan fingerprint density at radius 1 is 1.29 bits per heavy atom. The molecule has 0 saturated carbocycles. The van der Waals surface area contributed by atoms with Gasteiger partial charge < -0.3 is 5.11 Å². The summed E-state index contributed by atoms with van der Waals surface area (Å²) in [7, 11) is -4.01. The molecule has 116 valence electrons. The van der Waals surface area contributed by atoms with E-state index in [0.29, 0.717) is 13.1 Å². The van der Waals surface area contributed by atoms with Crippen LogP contribution in [0.5, 0.6) is 0 Å². The maximum absolute atomic E-state index is 13.4. The number of hydrogen-bond donors (Lipinski definition) is 1. The van der Waals surface area contributed by atoms with Gasteiger partial charge in [0.25, 0.3) is 0 Å². The lowest BCUT2D eigenvalue weighted by atomic mass is 9.94. The lowest BCUT2D eigenvalue weighted by Gasteiger charge is -2.34. The number of piperidine rings is 1. The van der Waals surface area contributed by atoms with Crippen molar-refractivity contribution in [1.29, 1.82) is 0 Å². The predicted octanol–water partition coefficient (Wildman–Crippen LogP) is 2.19. The molecular weight excluding hydrogens is 297 g/mol. The minimum Gasteiger partial charge on any atom is -0.478 e. The molecule has 7 heteroatoms. The third-order valence-electron chi connectivity index (χ3n) is 3.63. The molecule has 2 rings (SSSR count). The molecule has 2 unspecified atom stereocenters. The summed E-state index contributed by atoms with van der Waals surface area (Å²) in [5.74, 6) is -1.78. The maximum atomic E-state index is 13.4. The highest BCUT2D eigenvalue weighted by molar-refractivity contribution is 7.89. The number of carboxylic acids is 1. The van der Waals surface area contributed by atoms with Gasteiger partial charge in [0.2, 0.25) is 10.0 Å². The van der Waals surface area contributed by atoms with Gasteiger partial charge in [-0.2, -0.15) is 4.31 Å². The molecule has 1 aromatic rings. The summed E-state index contributed by atoms with van der Waals surface area (Å²) >= 11 is 0. The number of carboxylic acid groups (broad SMARTS) is 1. The van der Waals surface area contributed by atoms with Gasteiger partial charge in [0.1, 0.15) is 5.82 Å². The van der Waals surface area contributed by atoms with Gasteiger partial charge in [-0.1, -0.05) is 13.8 Å². The van der Waals surface area contributed by atoms with Gasteiger partial charge in [0, 0.05) is 13.1 Å². The summed E-state index contributed by atoms with van der Waals surface area (Å²) in [5.41, 5.74) is -0.401. The van der Waals surface area contributed by atoms with E-state index in [-0.39, 0.29) is 11.8 Å². The Hall–Kier alpha value is -1.47. The summed E-state index contributed by atoms with van der Waals surface area (Å²) in [5, 5.41) is 9.12. The zero-order valence-corrected chi connectivity index (χ0v) is 12.7. The SMILES string of the molecule is CC1CC(C)CN(S(=O)(=O)c2cc(F)ccc2C(=O)O)C1. The number of sulfonamides is 1. The van der Waals surface area contributed by atoms with Gasteiger partial charge in [-0.05, 0) is 36.5 Å². The number of benzene rings is 1. The number of nitrogens with zero attached hydrogens (tertiary/aromatic N) is 1. The van der Waals surface area contributed by atoms with Crippen molar-refractivity contribution in [2.75, 3.05) is 13.1 Å². The van der Waals surface area contributed by atoms with Crippen molar-refractivity contribution < 1.29 is 22.7 Å². The molecular formula is C14H18FNO4S. The number of hydrogen-bond acceptors (Lipinski definition) is 3. The van der Waals surface area contributed by atoms with Crippen LogP contribution in [0, 0.1) is 17.7 Å². The third-order valence-corrected chi connectivity index (χ3v) is 5.50. The van der Waals surface area contributed by atoms with E-state index in [4.69, 9.17) is 5.11 Å². The van der Waals surface area contributed by atoms with E-state index in [9.17, 15) is 17.6 Å². The van der Waals surface area contributed by atoms with Gasteiger partial charge in [-0.3, -0.25) is 0 Å². The minimum absolute atomic E-state index is 0.186. The zero-order chi connectivity index (χ0) is 15.8. The molecule has 1 heterocycles.